The van der Waals surface area contributed by atoms with Crippen LogP contribution in [0.1, 0.15) is 19.0 Å². The number of rotatable bonds is 6. The molecule has 2 aromatic rings. The lowest BCUT2D eigenvalue weighted by atomic mass is 10.3. The number of benzene rings is 1. The van der Waals surface area contributed by atoms with Crippen LogP contribution in [-0.4, -0.2) is 16.6 Å². The molecule has 19 heavy (non-hydrogen) atoms. The van der Waals surface area contributed by atoms with Gasteiger partial charge in [-0.2, -0.15) is 0 Å². The Morgan fingerprint density at radius 1 is 1.32 bits per heavy atom. The number of hydrogen-bond donors (Lipinski definition) is 1. The maximum Gasteiger partial charge on any atom is 0.142 e. The third kappa shape index (κ3) is 4.10. The van der Waals surface area contributed by atoms with Gasteiger partial charge in [0, 0.05) is 17.4 Å². The van der Waals surface area contributed by atoms with Gasteiger partial charge in [-0.05, 0) is 24.6 Å². The minimum absolute atomic E-state index is 0.580. The molecule has 0 aliphatic carbocycles. The molecule has 0 spiro atoms. The first kappa shape index (κ1) is 13.6. The fraction of sp³-hybridized carbons (Fsp3) is 0.286. The average molecular weight is 278 g/mol. The van der Waals surface area contributed by atoms with Gasteiger partial charge >= 0.3 is 0 Å². The molecule has 1 aromatic carbocycles. The molecule has 0 radical (unpaired) electrons. The van der Waals surface area contributed by atoms with Crippen LogP contribution in [0.3, 0.4) is 0 Å². The van der Waals surface area contributed by atoms with Gasteiger partial charge in [0.2, 0.25) is 0 Å². The number of nitrogens with one attached hydrogen (secondary N) is 1. The monoisotopic (exact) mass is 277 g/mol. The van der Waals surface area contributed by atoms with Crippen LogP contribution >= 0.6 is 11.6 Å². The number of nitrogens with zero attached hydrogens (tertiary/aromatic N) is 2. The quantitative estimate of drug-likeness (QED) is 0.877. The van der Waals surface area contributed by atoms with Crippen molar-refractivity contribution in [1.82, 2.24) is 9.97 Å². The van der Waals surface area contributed by atoms with Crippen LogP contribution in [0.15, 0.2) is 36.8 Å². The van der Waals surface area contributed by atoms with Crippen molar-refractivity contribution in [2.24, 2.45) is 0 Å². The third-order valence-electron chi connectivity index (χ3n) is 2.48. The minimum atomic E-state index is 0.580. The van der Waals surface area contributed by atoms with Crippen LogP contribution in [0, 0.1) is 0 Å². The molecule has 0 fully saturated rings. The van der Waals surface area contributed by atoms with Crippen molar-refractivity contribution in [2.45, 2.75) is 19.9 Å². The lowest BCUT2D eigenvalue weighted by molar-refractivity contribution is 0.319. The molecule has 1 heterocycles. The summed E-state index contributed by atoms with van der Waals surface area (Å²) in [5, 5.41) is 3.94. The Kier molecular flexibility index (Phi) is 4.98. The first-order valence-electron chi connectivity index (χ1n) is 6.20. The largest absolute Gasteiger partial charge is 0.491 e. The van der Waals surface area contributed by atoms with E-state index in [1.807, 2.05) is 18.2 Å². The second kappa shape index (κ2) is 6.95. The van der Waals surface area contributed by atoms with E-state index in [9.17, 15) is 0 Å². The van der Waals surface area contributed by atoms with Crippen molar-refractivity contribution in [3.63, 3.8) is 0 Å². The summed E-state index contributed by atoms with van der Waals surface area (Å²) < 4.78 is 5.67. The second-order valence-corrected chi connectivity index (χ2v) is 4.48. The highest BCUT2D eigenvalue weighted by atomic mass is 35.5. The van der Waals surface area contributed by atoms with E-state index in [0.717, 1.165) is 23.6 Å². The van der Waals surface area contributed by atoms with Gasteiger partial charge in [-0.25, -0.2) is 0 Å². The molecule has 100 valence electrons. The number of halogens is 1. The summed E-state index contributed by atoms with van der Waals surface area (Å²) in [7, 11) is 0. The van der Waals surface area contributed by atoms with E-state index in [2.05, 4.69) is 22.2 Å². The summed E-state index contributed by atoms with van der Waals surface area (Å²) in [5.41, 5.74) is 1.73. The molecule has 1 N–H and O–H groups in total. The van der Waals surface area contributed by atoms with E-state index >= 15 is 0 Å². The van der Waals surface area contributed by atoms with Crippen LogP contribution in [0.25, 0.3) is 0 Å². The highest BCUT2D eigenvalue weighted by Gasteiger charge is 2.05. The molecular formula is C14H16ClN3O. The van der Waals surface area contributed by atoms with E-state index in [0.29, 0.717) is 18.2 Å². The molecule has 2 rings (SSSR count). The van der Waals surface area contributed by atoms with Gasteiger partial charge in [0.25, 0.3) is 0 Å². The van der Waals surface area contributed by atoms with Crippen LogP contribution in [0.2, 0.25) is 5.02 Å². The molecule has 0 saturated carbocycles. The zero-order valence-corrected chi connectivity index (χ0v) is 11.5. The van der Waals surface area contributed by atoms with Gasteiger partial charge in [0.1, 0.15) is 5.75 Å². The summed E-state index contributed by atoms with van der Waals surface area (Å²) in [6.45, 7) is 3.33. The molecule has 0 aliphatic rings. The normalized spacial score (nSPS) is 10.2. The smallest absolute Gasteiger partial charge is 0.142 e. The molecule has 0 bridgehead atoms. The highest BCUT2D eigenvalue weighted by molar-refractivity contribution is 6.30. The predicted molar refractivity (Wildman–Crippen MR) is 76.6 cm³/mol. The lowest BCUT2D eigenvalue weighted by Crippen LogP contribution is -2.05. The summed E-state index contributed by atoms with van der Waals surface area (Å²) in [6, 6.07) is 5.54. The Bertz CT molecular complexity index is 519. The lowest BCUT2D eigenvalue weighted by Gasteiger charge is -2.13. The summed E-state index contributed by atoms with van der Waals surface area (Å²) in [6.07, 6.45) is 6.01. The Morgan fingerprint density at radius 3 is 2.95 bits per heavy atom. The van der Waals surface area contributed by atoms with Crippen molar-refractivity contribution in [3.8, 4) is 5.75 Å². The Balaban J connectivity index is 2.07. The number of ether oxygens (including phenoxy) is 1. The zero-order valence-electron chi connectivity index (χ0n) is 10.8. The number of aromatic nitrogens is 2. The summed E-state index contributed by atoms with van der Waals surface area (Å²) in [4.78, 5) is 8.24. The van der Waals surface area contributed by atoms with E-state index in [1.165, 1.54) is 0 Å². The maximum absolute atomic E-state index is 6.01. The van der Waals surface area contributed by atoms with Gasteiger partial charge in [0.05, 0.1) is 30.7 Å². The minimum Gasteiger partial charge on any atom is -0.491 e. The van der Waals surface area contributed by atoms with Gasteiger partial charge in [-0.1, -0.05) is 18.5 Å². The molecule has 0 unspecified atom stereocenters. The first-order valence-corrected chi connectivity index (χ1v) is 6.58. The Hall–Kier alpha value is -1.81. The maximum atomic E-state index is 6.01. The topological polar surface area (TPSA) is 47.0 Å². The molecule has 0 aliphatic heterocycles. The van der Waals surface area contributed by atoms with Gasteiger partial charge in [-0.3, -0.25) is 9.97 Å². The van der Waals surface area contributed by atoms with Gasteiger partial charge in [0.15, 0.2) is 0 Å². The van der Waals surface area contributed by atoms with E-state index in [1.54, 1.807) is 18.6 Å². The van der Waals surface area contributed by atoms with Crippen LogP contribution in [0.4, 0.5) is 5.69 Å². The molecule has 5 heteroatoms. The highest BCUT2D eigenvalue weighted by Crippen LogP contribution is 2.28. The van der Waals surface area contributed by atoms with Gasteiger partial charge in [-0.15, -0.1) is 0 Å². The molecule has 1 aromatic heterocycles. The van der Waals surface area contributed by atoms with Crippen LogP contribution < -0.4 is 10.1 Å². The van der Waals surface area contributed by atoms with E-state index in [-0.39, 0.29) is 0 Å². The summed E-state index contributed by atoms with van der Waals surface area (Å²) >= 11 is 6.01. The Labute approximate surface area is 117 Å². The first-order chi connectivity index (χ1) is 9.29. The Morgan fingerprint density at radius 2 is 2.21 bits per heavy atom. The fourth-order valence-electron chi connectivity index (χ4n) is 1.59. The molecule has 0 atom stereocenters. The van der Waals surface area contributed by atoms with Crippen molar-refractivity contribution < 1.29 is 4.74 Å². The van der Waals surface area contributed by atoms with Crippen molar-refractivity contribution in [3.05, 3.63) is 47.5 Å². The van der Waals surface area contributed by atoms with Crippen molar-refractivity contribution in [1.29, 1.82) is 0 Å². The second-order valence-electron chi connectivity index (χ2n) is 4.04. The molecule has 0 amide bonds. The number of anilines is 1. The van der Waals surface area contributed by atoms with Crippen LogP contribution in [0.5, 0.6) is 5.75 Å². The van der Waals surface area contributed by atoms with Crippen LogP contribution in [-0.2, 0) is 6.54 Å². The van der Waals surface area contributed by atoms with Crippen molar-refractivity contribution >= 4 is 17.3 Å². The zero-order chi connectivity index (χ0) is 13.5. The van der Waals surface area contributed by atoms with E-state index in [4.69, 9.17) is 16.3 Å². The molecular weight excluding hydrogens is 262 g/mol. The third-order valence-corrected chi connectivity index (χ3v) is 2.72. The SMILES string of the molecule is CCCOc1ccc(Cl)cc1NCc1cnccn1. The standard InChI is InChI=1S/C14H16ClN3O/c1-2-7-19-14-4-3-11(15)8-13(14)18-10-12-9-16-5-6-17-12/h3-6,8-9,18H,2,7,10H2,1H3. The van der Waals surface area contributed by atoms with Gasteiger partial charge < -0.3 is 10.1 Å². The molecule has 0 saturated heterocycles. The average Bonchev–Trinajstić information content (AvgIpc) is 2.45. The van der Waals surface area contributed by atoms with E-state index < -0.39 is 0 Å². The van der Waals surface area contributed by atoms with Crippen molar-refractivity contribution in [2.75, 3.05) is 11.9 Å². The number of hydrogen-bond acceptors (Lipinski definition) is 4. The predicted octanol–water partition coefficient (Wildman–Crippen LogP) is 3.53. The molecule has 4 nitrogen and oxygen atoms in total. The fourth-order valence-corrected chi connectivity index (χ4v) is 1.76. The summed E-state index contributed by atoms with van der Waals surface area (Å²) in [5.74, 6) is 0.801.